The van der Waals surface area contributed by atoms with Crippen molar-refractivity contribution in [1.29, 1.82) is 0 Å². The molecule has 2 heterocycles. The van der Waals surface area contributed by atoms with Gasteiger partial charge in [-0.2, -0.15) is 0 Å². The Morgan fingerprint density at radius 3 is 2.57 bits per heavy atom. The van der Waals surface area contributed by atoms with Crippen LogP contribution in [0.25, 0.3) is 17.4 Å². The maximum atomic E-state index is 12.2. The summed E-state index contributed by atoms with van der Waals surface area (Å²) in [7, 11) is 0. The van der Waals surface area contributed by atoms with E-state index in [1.54, 1.807) is 42.5 Å². The number of hydrogen-bond donors (Lipinski definition) is 1. The Kier molecular flexibility index (Phi) is 5.51. The SMILES string of the molecule is O=C1NC(=Nc2cccc(Cl)c2Cl)S/C1=C\c1ccc(-c2ccc(Cl)cc2)o1. The minimum Gasteiger partial charge on any atom is -0.457 e. The van der Waals surface area contributed by atoms with E-state index < -0.39 is 0 Å². The van der Waals surface area contributed by atoms with Gasteiger partial charge in [0.15, 0.2) is 5.17 Å². The van der Waals surface area contributed by atoms with E-state index in [1.807, 2.05) is 18.2 Å². The highest BCUT2D eigenvalue weighted by Crippen LogP contribution is 2.35. The van der Waals surface area contributed by atoms with Crippen LogP contribution in [0.3, 0.4) is 0 Å². The lowest BCUT2D eigenvalue weighted by molar-refractivity contribution is -0.115. The molecule has 1 aromatic heterocycles. The number of amidine groups is 1. The maximum absolute atomic E-state index is 12.2. The van der Waals surface area contributed by atoms with Gasteiger partial charge in [-0.25, -0.2) is 4.99 Å². The Hall–Kier alpha value is -2.18. The number of nitrogens with zero attached hydrogens (tertiary/aromatic N) is 1. The fourth-order valence-electron chi connectivity index (χ4n) is 2.50. The first-order valence-corrected chi connectivity index (χ1v) is 10.0. The second-order valence-corrected chi connectivity index (χ2v) is 8.02. The second kappa shape index (κ2) is 8.05. The third-order valence-corrected chi connectivity index (χ3v) is 5.80. The predicted molar refractivity (Wildman–Crippen MR) is 116 cm³/mol. The highest BCUT2D eigenvalue weighted by Gasteiger charge is 2.24. The monoisotopic (exact) mass is 448 g/mol. The van der Waals surface area contributed by atoms with E-state index in [4.69, 9.17) is 39.2 Å². The Morgan fingerprint density at radius 1 is 1.00 bits per heavy atom. The van der Waals surface area contributed by atoms with Crippen LogP contribution in [0.15, 0.2) is 68.9 Å². The average Bonchev–Trinajstić information content (AvgIpc) is 3.27. The number of carbonyl (C=O) groups is 1. The smallest absolute Gasteiger partial charge is 0.264 e. The van der Waals surface area contributed by atoms with Crippen LogP contribution in [0.4, 0.5) is 5.69 Å². The van der Waals surface area contributed by atoms with Crippen LogP contribution in [0.2, 0.25) is 15.1 Å². The van der Waals surface area contributed by atoms with Crippen LogP contribution >= 0.6 is 46.6 Å². The molecule has 1 aliphatic heterocycles. The van der Waals surface area contributed by atoms with E-state index in [0.29, 0.717) is 42.3 Å². The van der Waals surface area contributed by atoms with Crippen molar-refractivity contribution in [3.8, 4) is 11.3 Å². The second-order valence-electron chi connectivity index (χ2n) is 5.76. The molecule has 1 fully saturated rings. The summed E-state index contributed by atoms with van der Waals surface area (Å²) in [6, 6.07) is 16.1. The van der Waals surface area contributed by atoms with Crippen LogP contribution in [0.1, 0.15) is 5.76 Å². The highest BCUT2D eigenvalue weighted by atomic mass is 35.5. The molecule has 4 rings (SSSR count). The van der Waals surface area contributed by atoms with Crippen molar-refractivity contribution < 1.29 is 9.21 Å². The van der Waals surface area contributed by atoms with Crippen LogP contribution in [0.5, 0.6) is 0 Å². The van der Waals surface area contributed by atoms with Crippen molar-refractivity contribution in [2.24, 2.45) is 4.99 Å². The van der Waals surface area contributed by atoms with Gasteiger partial charge < -0.3 is 9.73 Å². The highest BCUT2D eigenvalue weighted by molar-refractivity contribution is 8.18. The first-order valence-electron chi connectivity index (χ1n) is 8.09. The number of rotatable bonds is 3. The molecular weight excluding hydrogens is 439 g/mol. The molecule has 28 heavy (non-hydrogen) atoms. The number of benzene rings is 2. The molecule has 4 nitrogen and oxygen atoms in total. The summed E-state index contributed by atoms with van der Waals surface area (Å²) in [5.74, 6) is 0.988. The van der Waals surface area contributed by atoms with Gasteiger partial charge in [0.1, 0.15) is 11.5 Å². The van der Waals surface area contributed by atoms with Crippen LogP contribution in [-0.4, -0.2) is 11.1 Å². The molecule has 140 valence electrons. The summed E-state index contributed by atoms with van der Waals surface area (Å²) in [5, 5.41) is 4.53. The molecule has 8 heteroatoms. The summed E-state index contributed by atoms with van der Waals surface area (Å²) >= 11 is 19.3. The maximum Gasteiger partial charge on any atom is 0.264 e. The third-order valence-electron chi connectivity index (χ3n) is 3.83. The zero-order valence-corrected chi connectivity index (χ0v) is 17.2. The number of nitrogens with one attached hydrogen (secondary N) is 1. The molecule has 1 saturated heterocycles. The summed E-state index contributed by atoms with van der Waals surface area (Å²) < 4.78 is 5.82. The molecule has 2 aromatic carbocycles. The van der Waals surface area contributed by atoms with Crippen LogP contribution < -0.4 is 5.32 Å². The van der Waals surface area contributed by atoms with E-state index in [2.05, 4.69) is 10.3 Å². The number of aliphatic imine (C=N–C) groups is 1. The average molecular weight is 450 g/mol. The Bertz CT molecular complexity index is 1120. The zero-order valence-electron chi connectivity index (χ0n) is 14.1. The van der Waals surface area contributed by atoms with Gasteiger partial charge in [0.05, 0.1) is 20.6 Å². The van der Waals surface area contributed by atoms with Crippen molar-refractivity contribution in [1.82, 2.24) is 5.32 Å². The minimum absolute atomic E-state index is 0.258. The summed E-state index contributed by atoms with van der Waals surface area (Å²) in [4.78, 5) is 17.1. The van der Waals surface area contributed by atoms with Gasteiger partial charge in [-0.3, -0.25) is 4.79 Å². The van der Waals surface area contributed by atoms with Gasteiger partial charge in [-0.15, -0.1) is 0 Å². The molecule has 1 aliphatic rings. The fourth-order valence-corrected chi connectivity index (χ4v) is 3.78. The molecule has 0 atom stereocenters. The first-order chi connectivity index (χ1) is 13.5. The Labute approximate surface area is 180 Å². The summed E-state index contributed by atoms with van der Waals surface area (Å²) in [6.07, 6.45) is 1.67. The number of carbonyl (C=O) groups excluding carboxylic acids is 1. The number of amides is 1. The molecule has 0 radical (unpaired) electrons. The molecule has 0 saturated carbocycles. The molecule has 0 unspecified atom stereocenters. The Morgan fingerprint density at radius 2 is 1.79 bits per heavy atom. The summed E-state index contributed by atoms with van der Waals surface area (Å²) in [5.41, 5.74) is 1.39. The van der Waals surface area contributed by atoms with E-state index in [9.17, 15) is 4.79 Å². The van der Waals surface area contributed by atoms with E-state index in [0.717, 1.165) is 5.56 Å². The lowest BCUT2D eigenvalue weighted by Gasteiger charge is -2.00. The fraction of sp³-hybridized carbons (Fsp3) is 0. The molecule has 3 aromatic rings. The molecule has 0 bridgehead atoms. The minimum atomic E-state index is -0.258. The quantitative estimate of drug-likeness (QED) is 0.447. The van der Waals surface area contributed by atoms with Crippen molar-refractivity contribution >= 4 is 69.4 Å². The van der Waals surface area contributed by atoms with Crippen molar-refractivity contribution in [2.45, 2.75) is 0 Å². The van der Waals surface area contributed by atoms with Crippen molar-refractivity contribution in [3.05, 3.63) is 80.3 Å². The van der Waals surface area contributed by atoms with Crippen molar-refractivity contribution in [2.75, 3.05) is 0 Å². The zero-order chi connectivity index (χ0) is 19.7. The normalized spacial score (nSPS) is 16.8. The first kappa shape index (κ1) is 19.2. The van der Waals surface area contributed by atoms with Crippen molar-refractivity contribution in [3.63, 3.8) is 0 Å². The number of furan rings is 1. The summed E-state index contributed by atoms with van der Waals surface area (Å²) in [6.45, 7) is 0. The topological polar surface area (TPSA) is 54.6 Å². The van der Waals surface area contributed by atoms with Gasteiger partial charge in [0.2, 0.25) is 0 Å². The third kappa shape index (κ3) is 4.13. The number of thioether (sulfide) groups is 1. The van der Waals surface area contributed by atoms with Gasteiger partial charge >= 0.3 is 0 Å². The van der Waals surface area contributed by atoms with Crippen LogP contribution in [-0.2, 0) is 4.79 Å². The number of hydrogen-bond acceptors (Lipinski definition) is 4. The van der Waals surface area contributed by atoms with Crippen LogP contribution in [0, 0.1) is 0 Å². The lowest BCUT2D eigenvalue weighted by atomic mass is 10.2. The van der Waals surface area contributed by atoms with Gasteiger partial charge in [0.25, 0.3) is 5.91 Å². The Balaban J connectivity index is 1.56. The number of halogens is 3. The van der Waals surface area contributed by atoms with E-state index in [1.165, 1.54) is 11.8 Å². The molecule has 0 spiro atoms. The van der Waals surface area contributed by atoms with E-state index in [-0.39, 0.29) is 5.91 Å². The predicted octanol–water partition coefficient (Wildman–Crippen LogP) is 6.80. The molecule has 0 aliphatic carbocycles. The molecular formula is C20H11Cl3N2O2S. The lowest BCUT2D eigenvalue weighted by Crippen LogP contribution is -2.19. The molecule has 1 amide bonds. The van der Waals surface area contributed by atoms with Gasteiger partial charge in [-0.05, 0) is 60.3 Å². The van der Waals surface area contributed by atoms with Gasteiger partial charge in [-0.1, -0.05) is 40.9 Å². The standard InChI is InChI=1S/C20H11Cl3N2O2S/c21-12-6-4-11(5-7-12)16-9-8-13(27-16)10-17-19(26)25-20(28-17)24-15-3-1-2-14(22)18(15)23/h1-10H,(H,24,25,26)/b17-10-. The largest absolute Gasteiger partial charge is 0.457 e. The van der Waals surface area contributed by atoms with Gasteiger partial charge in [0, 0.05) is 16.7 Å². The molecule has 1 N–H and O–H groups in total. The van der Waals surface area contributed by atoms with E-state index >= 15 is 0 Å².